The molecule has 2 N–H and O–H groups in total. The highest BCUT2D eigenvalue weighted by Gasteiger charge is 2.25. The van der Waals surface area contributed by atoms with Crippen LogP contribution < -0.4 is 20.4 Å². The third kappa shape index (κ3) is 6.23. The molecule has 2 saturated heterocycles. The fourth-order valence-corrected chi connectivity index (χ4v) is 4.99. The zero-order valence-corrected chi connectivity index (χ0v) is 20.6. The maximum absolute atomic E-state index is 5.97. The van der Waals surface area contributed by atoms with Crippen LogP contribution in [0.3, 0.4) is 0 Å². The molecule has 4 rings (SSSR count). The zero-order valence-electron chi connectivity index (χ0n) is 19.0. The predicted octanol–water partition coefficient (Wildman–Crippen LogP) is 5.09. The molecular formula is C24H33ClN6S. The molecule has 8 heteroatoms. The minimum atomic E-state index is 0.516. The van der Waals surface area contributed by atoms with Gasteiger partial charge in [-0.25, -0.2) is 0 Å². The standard InChI is InChI=1S/C24H33ClN6S/c1-17-12-18(2)16-31(15-17)22-13-21(30-10-4-3-5-11-30)27-23(28-22)29-24(32)26-14-19-6-8-20(25)9-7-19/h6-9,13,17-18H,3-5,10-12,14-16H2,1-2H3,(H2,26,27,28,29,32)/t17-,18-/m0/s1. The van der Waals surface area contributed by atoms with Gasteiger partial charge in [-0.1, -0.05) is 37.6 Å². The second-order valence-electron chi connectivity index (χ2n) is 9.24. The van der Waals surface area contributed by atoms with Gasteiger partial charge in [-0.2, -0.15) is 9.97 Å². The lowest BCUT2D eigenvalue weighted by atomic mass is 9.92. The number of nitrogens with zero attached hydrogens (tertiary/aromatic N) is 4. The smallest absolute Gasteiger partial charge is 0.232 e. The SMILES string of the molecule is C[C@H]1C[C@H](C)CN(c2cc(N3CCCCC3)nc(NC(=S)NCc3ccc(Cl)cc3)n2)C1. The molecule has 172 valence electrons. The van der Waals surface area contributed by atoms with Crippen LogP contribution in [-0.2, 0) is 6.54 Å². The van der Waals surface area contributed by atoms with E-state index in [1.54, 1.807) is 0 Å². The summed E-state index contributed by atoms with van der Waals surface area (Å²) in [6.07, 6.45) is 4.98. The second kappa shape index (κ2) is 10.7. The first-order valence-electron chi connectivity index (χ1n) is 11.6. The quantitative estimate of drug-likeness (QED) is 0.588. The highest BCUT2D eigenvalue weighted by atomic mass is 35.5. The predicted molar refractivity (Wildman–Crippen MR) is 138 cm³/mol. The van der Waals surface area contributed by atoms with Crippen LogP contribution in [0.5, 0.6) is 0 Å². The van der Waals surface area contributed by atoms with Crippen LogP contribution in [0.15, 0.2) is 30.3 Å². The Balaban J connectivity index is 1.50. The van der Waals surface area contributed by atoms with Crippen LogP contribution in [0.1, 0.15) is 45.1 Å². The average molecular weight is 473 g/mol. The van der Waals surface area contributed by atoms with Crippen LogP contribution in [0.2, 0.25) is 5.02 Å². The first-order valence-corrected chi connectivity index (χ1v) is 12.4. The van der Waals surface area contributed by atoms with Crippen LogP contribution in [-0.4, -0.2) is 41.3 Å². The summed E-state index contributed by atoms with van der Waals surface area (Å²) >= 11 is 11.5. The van der Waals surface area contributed by atoms with Gasteiger partial charge >= 0.3 is 0 Å². The fourth-order valence-electron chi connectivity index (χ4n) is 4.71. The Morgan fingerprint density at radius 3 is 2.28 bits per heavy atom. The minimum absolute atomic E-state index is 0.516. The summed E-state index contributed by atoms with van der Waals surface area (Å²) in [5.74, 6) is 3.85. The van der Waals surface area contributed by atoms with Gasteiger partial charge in [-0.05, 0) is 67.4 Å². The number of halogens is 1. The zero-order chi connectivity index (χ0) is 22.5. The van der Waals surface area contributed by atoms with Crippen molar-refractivity contribution in [3.05, 3.63) is 40.9 Å². The van der Waals surface area contributed by atoms with E-state index < -0.39 is 0 Å². The number of aromatic nitrogens is 2. The van der Waals surface area contributed by atoms with Crippen molar-refractivity contribution in [2.75, 3.05) is 41.3 Å². The van der Waals surface area contributed by atoms with Crippen molar-refractivity contribution in [2.45, 2.75) is 46.1 Å². The van der Waals surface area contributed by atoms with E-state index in [1.807, 2.05) is 24.3 Å². The Morgan fingerprint density at radius 1 is 1.00 bits per heavy atom. The fraction of sp³-hybridized carbons (Fsp3) is 0.542. The molecular weight excluding hydrogens is 440 g/mol. The number of hydrogen-bond donors (Lipinski definition) is 2. The van der Waals surface area contributed by atoms with Crippen molar-refractivity contribution in [3.8, 4) is 0 Å². The molecule has 0 saturated carbocycles. The summed E-state index contributed by atoms with van der Waals surface area (Å²) in [7, 11) is 0. The Labute approximate surface area is 201 Å². The molecule has 2 aliphatic heterocycles. The molecule has 0 amide bonds. The second-order valence-corrected chi connectivity index (χ2v) is 10.1. The number of thiocarbonyl (C=S) groups is 1. The highest BCUT2D eigenvalue weighted by molar-refractivity contribution is 7.80. The lowest BCUT2D eigenvalue weighted by Gasteiger charge is -2.36. The molecule has 2 atom stereocenters. The first kappa shape index (κ1) is 23.1. The maximum Gasteiger partial charge on any atom is 0.232 e. The van der Waals surface area contributed by atoms with Gasteiger partial charge in [0.15, 0.2) is 5.11 Å². The van der Waals surface area contributed by atoms with E-state index in [-0.39, 0.29) is 0 Å². The van der Waals surface area contributed by atoms with E-state index in [2.05, 4.69) is 40.3 Å². The Hall–Kier alpha value is -2.12. The topological polar surface area (TPSA) is 56.3 Å². The van der Waals surface area contributed by atoms with Gasteiger partial charge in [0.05, 0.1) is 0 Å². The molecule has 0 bridgehead atoms. The van der Waals surface area contributed by atoms with Gasteiger partial charge in [0.2, 0.25) is 5.95 Å². The van der Waals surface area contributed by atoms with Crippen molar-refractivity contribution in [1.82, 2.24) is 15.3 Å². The normalized spacial score (nSPS) is 21.3. The number of benzene rings is 1. The molecule has 0 unspecified atom stereocenters. The number of piperidine rings is 2. The van der Waals surface area contributed by atoms with E-state index in [0.717, 1.165) is 48.4 Å². The lowest BCUT2D eigenvalue weighted by molar-refractivity contribution is 0.355. The Kier molecular flexibility index (Phi) is 7.68. The summed E-state index contributed by atoms with van der Waals surface area (Å²) in [5, 5.41) is 7.72. The van der Waals surface area contributed by atoms with Gasteiger partial charge < -0.3 is 20.4 Å². The largest absolute Gasteiger partial charge is 0.358 e. The molecule has 32 heavy (non-hydrogen) atoms. The molecule has 6 nitrogen and oxygen atoms in total. The number of nitrogens with one attached hydrogen (secondary N) is 2. The third-order valence-corrected chi connectivity index (χ3v) is 6.66. The summed E-state index contributed by atoms with van der Waals surface area (Å²) in [6, 6.07) is 9.90. The van der Waals surface area contributed by atoms with Gasteiger partial charge in [0.1, 0.15) is 11.6 Å². The van der Waals surface area contributed by atoms with E-state index in [4.69, 9.17) is 33.8 Å². The van der Waals surface area contributed by atoms with Gasteiger partial charge in [0, 0.05) is 43.8 Å². The van der Waals surface area contributed by atoms with Gasteiger partial charge in [-0.3, -0.25) is 0 Å². The molecule has 0 spiro atoms. The molecule has 1 aromatic heterocycles. The van der Waals surface area contributed by atoms with Gasteiger partial charge in [-0.15, -0.1) is 0 Å². The number of anilines is 3. The van der Waals surface area contributed by atoms with E-state index >= 15 is 0 Å². The lowest BCUT2D eigenvalue weighted by Crippen LogP contribution is -2.40. The molecule has 3 heterocycles. The molecule has 0 radical (unpaired) electrons. The summed E-state index contributed by atoms with van der Waals surface area (Å²) < 4.78 is 0. The minimum Gasteiger partial charge on any atom is -0.358 e. The van der Waals surface area contributed by atoms with E-state index in [1.165, 1.54) is 25.7 Å². The molecule has 2 aromatic rings. The number of hydrogen-bond acceptors (Lipinski definition) is 5. The monoisotopic (exact) mass is 472 g/mol. The van der Waals surface area contributed by atoms with E-state index in [9.17, 15) is 0 Å². The highest BCUT2D eigenvalue weighted by Crippen LogP contribution is 2.29. The van der Waals surface area contributed by atoms with Crippen molar-refractivity contribution in [2.24, 2.45) is 11.8 Å². The summed E-state index contributed by atoms with van der Waals surface area (Å²) in [5.41, 5.74) is 1.11. The summed E-state index contributed by atoms with van der Waals surface area (Å²) in [6.45, 7) is 9.40. The van der Waals surface area contributed by atoms with Crippen LogP contribution in [0, 0.1) is 11.8 Å². The first-order chi connectivity index (χ1) is 15.5. The van der Waals surface area contributed by atoms with Crippen molar-refractivity contribution < 1.29 is 0 Å². The molecule has 2 aliphatic rings. The third-order valence-electron chi connectivity index (χ3n) is 6.16. The van der Waals surface area contributed by atoms with Crippen LogP contribution in [0.25, 0.3) is 0 Å². The summed E-state index contributed by atoms with van der Waals surface area (Å²) in [4.78, 5) is 14.5. The van der Waals surface area contributed by atoms with Crippen LogP contribution in [0.4, 0.5) is 17.6 Å². The average Bonchev–Trinajstić information content (AvgIpc) is 2.78. The Bertz CT molecular complexity index is 905. The number of rotatable bonds is 5. The van der Waals surface area contributed by atoms with Crippen LogP contribution >= 0.6 is 23.8 Å². The molecule has 2 fully saturated rings. The van der Waals surface area contributed by atoms with Crippen molar-refractivity contribution in [1.29, 1.82) is 0 Å². The molecule has 0 aliphatic carbocycles. The van der Waals surface area contributed by atoms with Crippen molar-refractivity contribution >= 4 is 46.5 Å². The van der Waals surface area contributed by atoms with Gasteiger partial charge in [0.25, 0.3) is 0 Å². The molecule has 1 aromatic carbocycles. The Morgan fingerprint density at radius 2 is 1.62 bits per heavy atom. The van der Waals surface area contributed by atoms with Crippen molar-refractivity contribution in [3.63, 3.8) is 0 Å². The maximum atomic E-state index is 5.97. The van der Waals surface area contributed by atoms with E-state index in [0.29, 0.717) is 29.4 Å².